The van der Waals surface area contributed by atoms with Gasteiger partial charge in [-0.3, -0.25) is 9.59 Å². The molecule has 4 rings (SSSR count). The Labute approximate surface area is 223 Å². The smallest absolute Gasteiger partial charge is 0.334 e. The second kappa shape index (κ2) is 11.2. The number of amides is 4. The van der Waals surface area contributed by atoms with Crippen molar-refractivity contribution >= 4 is 29.4 Å². The predicted octanol–water partition coefficient (Wildman–Crippen LogP) is 3.50. The molecule has 0 saturated carbocycles. The molecule has 8 nitrogen and oxygen atoms in total. The molecule has 4 amide bonds. The van der Waals surface area contributed by atoms with Gasteiger partial charge in [-0.05, 0) is 55.3 Å². The first-order valence-electron chi connectivity index (χ1n) is 12.2. The summed E-state index contributed by atoms with van der Waals surface area (Å²) >= 11 is 5.98. The van der Waals surface area contributed by atoms with Crippen molar-refractivity contribution < 1.29 is 27.6 Å². The molecule has 2 saturated heterocycles. The minimum absolute atomic E-state index is 0.0259. The maximum absolute atomic E-state index is 13.4. The molecule has 0 aromatic heterocycles. The highest BCUT2D eigenvalue weighted by molar-refractivity contribution is 6.30. The van der Waals surface area contributed by atoms with Gasteiger partial charge in [0.25, 0.3) is 0 Å². The number of aryl methyl sites for hydroxylation is 1. The molecule has 2 fully saturated rings. The quantitative estimate of drug-likeness (QED) is 0.574. The zero-order valence-corrected chi connectivity index (χ0v) is 21.6. The number of carbonyl (C=O) groups is 3. The highest BCUT2D eigenvalue weighted by Gasteiger charge is 2.48. The Hall–Kier alpha value is -3.31. The number of fused-ring (bicyclic) bond motifs is 1. The number of carbonyl (C=O) groups excluding carboxylic acids is 3. The Morgan fingerprint density at radius 2 is 1.84 bits per heavy atom. The summed E-state index contributed by atoms with van der Waals surface area (Å²) in [5.74, 6) is -0.498. The number of nitrogens with zero attached hydrogens (tertiary/aromatic N) is 3. The number of halogens is 4. The highest BCUT2D eigenvalue weighted by atomic mass is 35.5. The van der Waals surface area contributed by atoms with E-state index < -0.39 is 30.0 Å². The molecule has 2 atom stereocenters. The van der Waals surface area contributed by atoms with Gasteiger partial charge in [-0.25, -0.2) is 4.79 Å². The van der Waals surface area contributed by atoms with Crippen LogP contribution in [0.1, 0.15) is 35.1 Å². The molecular weight excluding hydrogens is 523 g/mol. The van der Waals surface area contributed by atoms with E-state index in [0.29, 0.717) is 16.1 Å². The van der Waals surface area contributed by atoms with Gasteiger partial charge in [0.2, 0.25) is 11.8 Å². The fourth-order valence-corrected chi connectivity index (χ4v) is 5.14. The van der Waals surface area contributed by atoms with Crippen LogP contribution in [0.4, 0.5) is 18.0 Å². The Bertz CT molecular complexity index is 1210. The monoisotopic (exact) mass is 551 g/mol. The summed E-state index contributed by atoms with van der Waals surface area (Å²) in [4.78, 5) is 44.0. The first-order valence-corrected chi connectivity index (χ1v) is 12.6. The van der Waals surface area contributed by atoms with Crippen molar-refractivity contribution in [2.45, 2.75) is 51.2 Å². The summed E-state index contributed by atoms with van der Waals surface area (Å²) in [6.07, 6.45) is -4.98. The lowest BCUT2D eigenvalue weighted by atomic mass is 10.0. The molecule has 2 aromatic rings. The lowest BCUT2D eigenvalue weighted by Gasteiger charge is -2.52. The summed E-state index contributed by atoms with van der Waals surface area (Å²) in [5.41, 5.74) is 6.54. The van der Waals surface area contributed by atoms with Crippen LogP contribution < -0.4 is 11.1 Å². The molecular formula is C26H29ClF3N5O3. The number of rotatable bonds is 6. The van der Waals surface area contributed by atoms with Crippen molar-refractivity contribution in [3.05, 3.63) is 69.7 Å². The van der Waals surface area contributed by atoms with E-state index in [1.165, 1.54) is 9.80 Å². The average Bonchev–Trinajstić information content (AvgIpc) is 2.85. The normalized spacial score (nSPS) is 20.0. The molecule has 0 unspecified atom stereocenters. The number of nitrogens with two attached hydrogens (primary N) is 1. The van der Waals surface area contributed by atoms with Crippen LogP contribution in [-0.2, 0) is 28.9 Å². The molecule has 2 aliphatic heterocycles. The topological polar surface area (TPSA) is 99.0 Å². The van der Waals surface area contributed by atoms with Gasteiger partial charge in [0.1, 0.15) is 12.2 Å². The summed E-state index contributed by atoms with van der Waals surface area (Å²) in [6.45, 7) is 2.06. The standard InChI is InChI=1S/C26H29ClF3N5O3/c1-16-10-18(12-19(11-16)26(28,29)30)13-32-25(38)34-9-7-23(36)35-21(6-8-31)24(37)33(15-22(34)35)14-17-2-4-20(27)5-3-17/h2-5,10-12,21-22H,6-9,13-15,31H2,1H3,(H,32,38)/t21-,22+/m0/s1. The minimum Gasteiger partial charge on any atom is -0.334 e. The van der Waals surface area contributed by atoms with Crippen LogP contribution in [0.5, 0.6) is 0 Å². The van der Waals surface area contributed by atoms with Gasteiger partial charge in [0.05, 0.1) is 12.1 Å². The number of hydrogen-bond acceptors (Lipinski definition) is 4. The zero-order chi connectivity index (χ0) is 27.6. The number of alkyl halides is 3. The number of benzene rings is 2. The maximum Gasteiger partial charge on any atom is 0.416 e. The van der Waals surface area contributed by atoms with Crippen LogP contribution >= 0.6 is 11.6 Å². The highest BCUT2D eigenvalue weighted by Crippen LogP contribution is 2.31. The van der Waals surface area contributed by atoms with E-state index in [4.69, 9.17) is 17.3 Å². The molecule has 0 spiro atoms. The van der Waals surface area contributed by atoms with Crippen molar-refractivity contribution in [2.24, 2.45) is 5.73 Å². The fourth-order valence-electron chi connectivity index (χ4n) is 5.01. The van der Waals surface area contributed by atoms with Gasteiger partial charge < -0.3 is 25.8 Å². The molecule has 0 aliphatic carbocycles. The predicted molar refractivity (Wildman–Crippen MR) is 135 cm³/mol. The molecule has 0 radical (unpaired) electrons. The van der Waals surface area contributed by atoms with E-state index in [1.54, 1.807) is 42.2 Å². The number of piperazine rings is 1. The fraction of sp³-hybridized carbons (Fsp3) is 0.423. The van der Waals surface area contributed by atoms with E-state index in [1.807, 2.05) is 0 Å². The SMILES string of the molecule is Cc1cc(CNC(=O)N2CCC(=O)N3[C@@H]2CN(Cc2ccc(Cl)cc2)C(=O)[C@@H]3CCN)cc(C(F)(F)F)c1. The van der Waals surface area contributed by atoms with E-state index >= 15 is 0 Å². The van der Waals surface area contributed by atoms with Crippen molar-refractivity contribution in [2.75, 3.05) is 19.6 Å². The third kappa shape index (κ3) is 6.05. The first-order chi connectivity index (χ1) is 18.0. The lowest BCUT2D eigenvalue weighted by Crippen LogP contribution is -2.72. The Balaban J connectivity index is 1.54. The lowest BCUT2D eigenvalue weighted by molar-refractivity contribution is -0.167. The van der Waals surface area contributed by atoms with Crippen LogP contribution in [0, 0.1) is 6.92 Å². The Morgan fingerprint density at radius 3 is 2.50 bits per heavy atom. The number of nitrogens with one attached hydrogen (secondary N) is 1. The second-order valence-corrected chi connectivity index (χ2v) is 9.96. The molecule has 38 heavy (non-hydrogen) atoms. The third-order valence-electron chi connectivity index (χ3n) is 6.75. The van der Waals surface area contributed by atoms with Gasteiger partial charge in [-0.15, -0.1) is 0 Å². The summed E-state index contributed by atoms with van der Waals surface area (Å²) in [7, 11) is 0. The minimum atomic E-state index is -4.50. The van der Waals surface area contributed by atoms with Crippen LogP contribution in [0.25, 0.3) is 0 Å². The summed E-state index contributed by atoms with van der Waals surface area (Å²) in [6, 6.07) is 9.31. The van der Waals surface area contributed by atoms with Gasteiger partial charge in [0, 0.05) is 31.1 Å². The van der Waals surface area contributed by atoms with Crippen LogP contribution in [0.2, 0.25) is 5.02 Å². The van der Waals surface area contributed by atoms with E-state index in [-0.39, 0.29) is 57.4 Å². The van der Waals surface area contributed by atoms with Crippen molar-refractivity contribution in [1.29, 1.82) is 0 Å². The summed E-state index contributed by atoms with van der Waals surface area (Å²) < 4.78 is 39.7. The van der Waals surface area contributed by atoms with Crippen LogP contribution in [0.15, 0.2) is 42.5 Å². The molecule has 2 aromatic carbocycles. The van der Waals surface area contributed by atoms with Crippen molar-refractivity contribution in [3.63, 3.8) is 0 Å². The largest absolute Gasteiger partial charge is 0.416 e. The third-order valence-corrected chi connectivity index (χ3v) is 7.00. The maximum atomic E-state index is 13.4. The molecule has 204 valence electrons. The van der Waals surface area contributed by atoms with Crippen molar-refractivity contribution in [3.8, 4) is 0 Å². The first kappa shape index (κ1) is 27.7. The Morgan fingerprint density at radius 1 is 1.13 bits per heavy atom. The van der Waals surface area contributed by atoms with E-state index in [2.05, 4.69) is 5.32 Å². The zero-order valence-electron chi connectivity index (χ0n) is 20.8. The number of urea groups is 1. The van der Waals surface area contributed by atoms with E-state index in [0.717, 1.165) is 17.7 Å². The van der Waals surface area contributed by atoms with Crippen LogP contribution in [0.3, 0.4) is 0 Å². The Kier molecular flexibility index (Phi) is 8.17. The summed E-state index contributed by atoms with van der Waals surface area (Å²) in [5, 5.41) is 3.25. The molecule has 2 aliphatic rings. The van der Waals surface area contributed by atoms with Crippen molar-refractivity contribution in [1.82, 2.24) is 20.0 Å². The molecule has 12 heteroatoms. The van der Waals surface area contributed by atoms with E-state index in [9.17, 15) is 27.6 Å². The molecule has 0 bridgehead atoms. The van der Waals surface area contributed by atoms with Gasteiger partial charge in [-0.1, -0.05) is 35.4 Å². The van der Waals surface area contributed by atoms with Gasteiger partial charge >= 0.3 is 12.2 Å². The molecule has 2 heterocycles. The van der Waals surface area contributed by atoms with Gasteiger partial charge in [-0.2, -0.15) is 13.2 Å². The van der Waals surface area contributed by atoms with Gasteiger partial charge in [0.15, 0.2) is 0 Å². The average molecular weight is 552 g/mol. The van der Waals surface area contributed by atoms with Crippen LogP contribution in [-0.4, -0.2) is 64.4 Å². The molecule has 3 N–H and O–H groups in total. The number of hydrogen-bond donors (Lipinski definition) is 2. The second-order valence-electron chi connectivity index (χ2n) is 9.53.